The summed E-state index contributed by atoms with van der Waals surface area (Å²) in [6, 6.07) is 0.624. The van der Waals surface area contributed by atoms with E-state index in [1.165, 1.54) is 25.0 Å². The third kappa shape index (κ3) is 0.991. The van der Waals surface area contributed by atoms with Gasteiger partial charge in [-0.2, -0.15) is 0 Å². The molecule has 0 radical (unpaired) electrons. The lowest BCUT2D eigenvalue weighted by Crippen LogP contribution is -2.73. The summed E-state index contributed by atoms with van der Waals surface area (Å²) in [7, 11) is 0. The smallest absolute Gasteiger partial charge is 0.192 e. The van der Waals surface area contributed by atoms with Gasteiger partial charge in [-0.1, -0.05) is 0 Å². The van der Waals surface area contributed by atoms with Crippen LogP contribution in [0.4, 0.5) is 0 Å². The van der Waals surface area contributed by atoms with E-state index in [4.69, 9.17) is 0 Å². The van der Waals surface area contributed by atoms with Crippen molar-refractivity contribution in [1.29, 1.82) is 0 Å². The molecule has 0 aromatic rings. The van der Waals surface area contributed by atoms with Crippen molar-refractivity contribution < 1.29 is 4.99 Å². The molecule has 1 atom stereocenters. The molecule has 10 heavy (non-hydrogen) atoms. The van der Waals surface area contributed by atoms with Gasteiger partial charge in [-0.15, -0.1) is 0 Å². The van der Waals surface area contributed by atoms with E-state index in [-0.39, 0.29) is 0 Å². The first-order valence-corrected chi connectivity index (χ1v) is 3.98. The Hall–Kier alpha value is -0.630. The standard InChI is InChI=1S/C8H12N2/c1-3-7-8(9-5-1)4-2-6-10-7/h3,6,8-9H,1-2,4-5H2/p+1. The van der Waals surface area contributed by atoms with Crippen molar-refractivity contribution in [2.75, 3.05) is 6.54 Å². The highest BCUT2D eigenvalue weighted by atomic mass is 15.0. The van der Waals surface area contributed by atoms with E-state index < -0.39 is 0 Å². The fourth-order valence-corrected chi connectivity index (χ4v) is 1.59. The second-order valence-electron chi connectivity index (χ2n) is 2.88. The lowest BCUT2D eigenvalue weighted by Gasteiger charge is -2.20. The zero-order chi connectivity index (χ0) is 6.81. The molecule has 0 saturated carbocycles. The number of nitrogens with one attached hydrogen (secondary N) is 2. The summed E-state index contributed by atoms with van der Waals surface area (Å²) in [4.78, 5) is 3.29. The van der Waals surface area contributed by atoms with Crippen LogP contribution >= 0.6 is 0 Å². The predicted molar refractivity (Wildman–Crippen MR) is 40.8 cm³/mol. The number of fused-ring (bicyclic) bond motifs is 1. The first-order valence-electron chi connectivity index (χ1n) is 3.98. The van der Waals surface area contributed by atoms with E-state index >= 15 is 0 Å². The van der Waals surface area contributed by atoms with Crippen LogP contribution in [-0.2, 0) is 0 Å². The van der Waals surface area contributed by atoms with E-state index in [0.717, 1.165) is 6.54 Å². The summed E-state index contributed by atoms with van der Waals surface area (Å²) in [5.41, 5.74) is 1.39. The highest BCUT2D eigenvalue weighted by molar-refractivity contribution is 5.52. The minimum atomic E-state index is 0.624. The first-order chi connectivity index (χ1) is 4.97. The van der Waals surface area contributed by atoms with Gasteiger partial charge >= 0.3 is 0 Å². The van der Waals surface area contributed by atoms with Crippen LogP contribution in [0.1, 0.15) is 19.3 Å². The van der Waals surface area contributed by atoms with Crippen molar-refractivity contribution in [2.45, 2.75) is 25.3 Å². The van der Waals surface area contributed by atoms with Crippen LogP contribution in [-0.4, -0.2) is 18.8 Å². The fraction of sp³-hybridized carbons (Fsp3) is 0.625. The van der Waals surface area contributed by atoms with Crippen LogP contribution in [0.2, 0.25) is 0 Å². The summed E-state index contributed by atoms with van der Waals surface area (Å²) in [5, 5.41) is 3.47. The van der Waals surface area contributed by atoms with Crippen LogP contribution < -0.4 is 10.3 Å². The summed E-state index contributed by atoms with van der Waals surface area (Å²) in [5.74, 6) is 0. The minimum Gasteiger partial charge on any atom is -0.305 e. The average molecular weight is 137 g/mol. The second-order valence-corrected chi connectivity index (χ2v) is 2.88. The molecule has 54 valence electrons. The highest BCUT2D eigenvalue weighted by Crippen LogP contribution is 2.08. The zero-order valence-corrected chi connectivity index (χ0v) is 6.06. The number of hydrogen-bond donors (Lipinski definition) is 2. The second kappa shape index (κ2) is 2.54. The van der Waals surface area contributed by atoms with Crippen molar-refractivity contribution in [3.63, 3.8) is 0 Å². The molecule has 2 aliphatic heterocycles. The van der Waals surface area contributed by atoms with Crippen LogP contribution in [0.15, 0.2) is 11.8 Å². The maximum Gasteiger partial charge on any atom is 0.192 e. The van der Waals surface area contributed by atoms with Gasteiger partial charge in [-0.05, 0) is 25.5 Å². The molecule has 0 fully saturated rings. The van der Waals surface area contributed by atoms with E-state index in [2.05, 4.69) is 22.6 Å². The van der Waals surface area contributed by atoms with Crippen molar-refractivity contribution in [1.82, 2.24) is 5.32 Å². The third-order valence-corrected chi connectivity index (χ3v) is 2.14. The SMILES string of the molecule is C1=[NH+]C2=CCCNC2CC1. The molecule has 0 spiro atoms. The maximum atomic E-state index is 3.47. The molecular formula is C8H13N2+. The largest absolute Gasteiger partial charge is 0.305 e. The van der Waals surface area contributed by atoms with Gasteiger partial charge in [0, 0.05) is 6.42 Å². The Morgan fingerprint density at radius 2 is 2.50 bits per heavy atom. The van der Waals surface area contributed by atoms with Crippen molar-refractivity contribution in [3.05, 3.63) is 11.8 Å². The van der Waals surface area contributed by atoms with Crippen LogP contribution in [0.3, 0.4) is 0 Å². The molecule has 2 N–H and O–H groups in total. The zero-order valence-electron chi connectivity index (χ0n) is 6.06. The normalized spacial score (nSPS) is 31.2. The van der Waals surface area contributed by atoms with Crippen LogP contribution in [0, 0.1) is 0 Å². The lowest BCUT2D eigenvalue weighted by molar-refractivity contribution is -0.405. The molecular weight excluding hydrogens is 124 g/mol. The molecule has 0 aromatic heterocycles. The highest BCUT2D eigenvalue weighted by Gasteiger charge is 2.22. The molecule has 0 saturated heterocycles. The number of hydrogen-bond acceptors (Lipinski definition) is 1. The average Bonchev–Trinajstić information content (AvgIpc) is 2.05. The molecule has 0 amide bonds. The Kier molecular flexibility index (Phi) is 1.55. The molecule has 2 heterocycles. The van der Waals surface area contributed by atoms with E-state index in [1.807, 2.05) is 0 Å². The molecule has 2 rings (SSSR count). The van der Waals surface area contributed by atoms with Gasteiger partial charge in [0.1, 0.15) is 6.21 Å². The van der Waals surface area contributed by atoms with Crippen molar-refractivity contribution in [3.8, 4) is 0 Å². The van der Waals surface area contributed by atoms with Crippen LogP contribution in [0.25, 0.3) is 0 Å². The minimum absolute atomic E-state index is 0.624. The van der Waals surface area contributed by atoms with Gasteiger partial charge in [-0.3, -0.25) is 0 Å². The summed E-state index contributed by atoms with van der Waals surface area (Å²) in [6.07, 6.45) is 8.08. The quantitative estimate of drug-likeness (QED) is 0.448. The Morgan fingerprint density at radius 1 is 1.50 bits per heavy atom. The fourth-order valence-electron chi connectivity index (χ4n) is 1.59. The van der Waals surface area contributed by atoms with Gasteiger partial charge in [0.25, 0.3) is 0 Å². The predicted octanol–water partition coefficient (Wildman–Crippen LogP) is -0.823. The lowest BCUT2D eigenvalue weighted by atomic mass is 10.0. The Bertz CT molecular complexity index is 182. The molecule has 2 aliphatic rings. The van der Waals surface area contributed by atoms with E-state index in [1.54, 1.807) is 0 Å². The van der Waals surface area contributed by atoms with Crippen molar-refractivity contribution >= 4 is 6.21 Å². The van der Waals surface area contributed by atoms with Gasteiger partial charge in [0.2, 0.25) is 0 Å². The molecule has 1 unspecified atom stereocenters. The third-order valence-electron chi connectivity index (χ3n) is 2.14. The molecule has 2 heteroatoms. The van der Waals surface area contributed by atoms with Gasteiger partial charge in [0.05, 0.1) is 6.04 Å². The van der Waals surface area contributed by atoms with Crippen LogP contribution in [0.5, 0.6) is 0 Å². The number of rotatable bonds is 0. The van der Waals surface area contributed by atoms with Crippen molar-refractivity contribution in [2.24, 2.45) is 0 Å². The Labute approximate surface area is 61.0 Å². The van der Waals surface area contributed by atoms with Gasteiger partial charge < -0.3 is 5.32 Å². The summed E-state index contributed by atoms with van der Waals surface area (Å²) < 4.78 is 0. The van der Waals surface area contributed by atoms with E-state index in [9.17, 15) is 0 Å². The Balaban J connectivity index is 2.21. The summed E-state index contributed by atoms with van der Waals surface area (Å²) >= 11 is 0. The molecule has 0 aromatic carbocycles. The summed E-state index contributed by atoms with van der Waals surface area (Å²) in [6.45, 7) is 1.15. The maximum absolute atomic E-state index is 3.47. The Morgan fingerprint density at radius 3 is 3.40 bits per heavy atom. The monoisotopic (exact) mass is 137 g/mol. The topological polar surface area (TPSA) is 26.0 Å². The molecule has 0 bridgehead atoms. The van der Waals surface area contributed by atoms with Gasteiger partial charge in [0.15, 0.2) is 5.70 Å². The van der Waals surface area contributed by atoms with E-state index in [0.29, 0.717) is 6.04 Å². The molecule has 2 nitrogen and oxygen atoms in total. The molecule has 0 aliphatic carbocycles. The first kappa shape index (κ1) is 6.10. The van der Waals surface area contributed by atoms with Gasteiger partial charge in [-0.25, -0.2) is 4.99 Å².